The summed E-state index contributed by atoms with van der Waals surface area (Å²) in [7, 11) is 0. The standard InChI is InChI=1S/C26H33N3O6/c1-19(2)18-35-25(31)16-22-26(32)27-12-13-29(22)17-24(30)28-21-10-6-7-11-23(21)34-15-14-33-20-8-4-3-5-9-20/h3-11,19,22H,12-18H2,1-2H3,(H,27,32)(H,28,30). The van der Waals surface area contributed by atoms with Crippen molar-refractivity contribution >= 4 is 23.5 Å². The fourth-order valence-corrected chi connectivity index (χ4v) is 3.55. The Morgan fingerprint density at radius 2 is 1.77 bits per heavy atom. The summed E-state index contributed by atoms with van der Waals surface area (Å²) in [5, 5.41) is 5.60. The summed E-state index contributed by atoms with van der Waals surface area (Å²) >= 11 is 0. The number of para-hydroxylation sites is 3. The zero-order valence-corrected chi connectivity index (χ0v) is 20.2. The van der Waals surface area contributed by atoms with E-state index >= 15 is 0 Å². The van der Waals surface area contributed by atoms with E-state index in [4.69, 9.17) is 14.2 Å². The van der Waals surface area contributed by atoms with Gasteiger partial charge in [-0.25, -0.2) is 0 Å². The third-order valence-corrected chi connectivity index (χ3v) is 5.24. The highest BCUT2D eigenvalue weighted by molar-refractivity contribution is 5.94. The number of ether oxygens (including phenoxy) is 3. The van der Waals surface area contributed by atoms with Crippen molar-refractivity contribution in [1.82, 2.24) is 10.2 Å². The number of rotatable bonds is 12. The molecule has 9 heteroatoms. The van der Waals surface area contributed by atoms with E-state index in [1.807, 2.05) is 50.2 Å². The van der Waals surface area contributed by atoms with Crippen molar-refractivity contribution in [2.75, 3.05) is 44.8 Å². The molecule has 2 aromatic rings. The smallest absolute Gasteiger partial charge is 0.307 e. The Kier molecular flexibility index (Phi) is 9.92. The maximum atomic E-state index is 12.8. The third kappa shape index (κ3) is 8.60. The van der Waals surface area contributed by atoms with Gasteiger partial charge < -0.3 is 24.8 Å². The molecule has 2 N–H and O–H groups in total. The molecule has 1 saturated heterocycles. The Morgan fingerprint density at radius 1 is 1.06 bits per heavy atom. The van der Waals surface area contributed by atoms with E-state index in [-0.39, 0.29) is 30.7 Å². The summed E-state index contributed by atoms with van der Waals surface area (Å²) in [6.45, 7) is 5.64. The van der Waals surface area contributed by atoms with Crippen LogP contribution in [0.5, 0.6) is 11.5 Å². The third-order valence-electron chi connectivity index (χ3n) is 5.24. The van der Waals surface area contributed by atoms with Gasteiger partial charge in [0.1, 0.15) is 30.8 Å². The van der Waals surface area contributed by atoms with Crippen LogP contribution in [-0.2, 0) is 19.1 Å². The summed E-state index contributed by atoms with van der Waals surface area (Å²) < 4.78 is 16.7. The Morgan fingerprint density at radius 3 is 2.54 bits per heavy atom. The summed E-state index contributed by atoms with van der Waals surface area (Å²) in [4.78, 5) is 39.1. The predicted octanol–water partition coefficient (Wildman–Crippen LogP) is 2.47. The lowest BCUT2D eigenvalue weighted by Crippen LogP contribution is -2.57. The molecule has 1 aliphatic rings. The van der Waals surface area contributed by atoms with Gasteiger partial charge in [-0.3, -0.25) is 19.3 Å². The Hall–Kier alpha value is -3.59. The van der Waals surface area contributed by atoms with Gasteiger partial charge in [-0.15, -0.1) is 0 Å². The minimum absolute atomic E-state index is 0.0407. The van der Waals surface area contributed by atoms with Crippen molar-refractivity contribution in [2.45, 2.75) is 26.3 Å². The second-order valence-corrected chi connectivity index (χ2v) is 8.61. The lowest BCUT2D eigenvalue weighted by molar-refractivity contribution is -0.149. The molecule has 0 radical (unpaired) electrons. The SMILES string of the molecule is CC(C)COC(=O)CC1C(=O)NCCN1CC(=O)Nc1ccccc1OCCOc1ccccc1. The number of carbonyl (C=O) groups excluding carboxylic acids is 3. The molecule has 1 fully saturated rings. The molecule has 0 aliphatic carbocycles. The first-order chi connectivity index (χ1) is 16.9. The van der Waals surface area contributed by atoms with Crippen LogP contribution in [0.15, 0.2) is 54.6 Å². The Balaban J connectivity index is 1.52. The van der Waals surface area contributed by atoms with Crippen molar-refractivity contribution in [3.8, 4) is 11.5 Å². The van der Waals surface area contributed by atoms with Crippen LogP contribution in [0.3, 0.4) is 0 Å². The predicted molar refractivity (Wildman–Crippen MR) is 131 cm³/mol. The largest absolute Gasteiger partial charge is 0.490 e. The number of anilines is 1. The summed E-state index contributed by atoms with van der Waals surface area (Å²) in [6, 6.07) is 15.8. The average molecular weight is 484 g/mol. The number of hydrogen-bond donors (Lipinski definition) is 2. The van der Waals surface area contributed by atoms with Crippen molar-refractivity contribution in [3.63, 3.8) is 0 Å². The first kappa shape index (κ1) is 26.0. The van der Waals surface area contributed by atoms with Crippen molar-refractivity contribution in [3.05, 3.63) is 54.6 Å². The summed E-state index contributed by atoms with van der Waals surface area (Å²) in [5.74, 6) is 0.425. The lowest BCUT2D eigenvalue weighted by Gasteiger charge is -2.34. The van der Waals surface area contributed by atoms with E-state index in [0.717, 1.165) is 5.75 Å². The number of nitrogens with one attached hydrogen (secondary N) is 2. The van der Waals surface area contributed by atoms with Gasteiger partial charge in [0.2, 0.25) is 11.8 Å². The number of piperazine rings is 1. The second kappa shape index (κ2) is 13.3. The van der Waals surface area contributed by atoms with E-state index < -0.39 is 12.0 Å². The van der Waals surface area contributed by atoms with Gasteiger partial charge in [-0.2, -0.15) is 0 Å². The van der Waals surface area contributed by atoms with Gasteiger partial charge in [0.15, 0.2) is 0 Å². The van der Waals surface area contributed by atoms with E-state index in [1.165, 1.54) is 0 Å². The van der Waals surface area contributed by atoms with Crippen molar-refractivity contribution in [1.29, 1.82) is 0 Å². The van der Waals surface area contributed by atoms with E-state index in [1.54, 1.807) is 23.1 Å². The molecule has 9 nitrogen and oxygen atoms in total. The zero-order chi connectivity index (χ0) is 25.0. The molecule has 0 aromatic heterocycles. The fourth-order valence-electron chi connectivity index (χ4n) is 3.55. The molecular weight excluding hydrogens is 450 g/mol. The number of esters is 1. The molecule has 0 saturated carbocycles. The maximum Gasteiger partial charge on any atom is 0.307 e. The normalized spacial score (nSPS) is 15.9. The summed E-state index contributed by atoms with van der Waals surface area (Å²) in [5.41, 5.74) is 0.520. The minimum Gasteiger partial charge on any atom is -0.490 e. The van der Waals surface area contributed by atoms with Crippen LogP contribution in [0.4, 0.5) is 5.69 Å². The van der Waals surface area contributed by atoms with Gasteiger partial charge in [0.25, 0.3) is 0 Å². The zero-order valence-electron chi connectivity index (χ0n) is 20.2. The highest BCUT2D eigenvalue weighted by atomic mass is 16.5. The van der Waals surface area contributed by atoms with Crippen molar-refractivity contribution in [2.24, 2.45) is 5.92 Å². The van der Waals surface area contributed by atoms with Gasteiger partial charge in [-0.1, -0.05) is 44.2 Å². The molecule has 1 heterocycles. The van der Waals surface area contributed by atoms with Gasteiger partial charge in [0, 0.05) is 13.1 Å². The average Bonchev–Trinajstić information content (AvgIpc) is 2.84. The summed E-state index contributed by atoms with van der Waals surface area (Å²) in [6.07, 6.45) is -0.104. The second-order valence-electron chi connectivity index (χ2n) is 8.61. The highest BCUT2D eigenvalue weighted by Crippen LogP contribution is 2.24. The minimum atomic E-state index is -0.754. The molecule has 188 valence electrons. The molecule has 2 aromatic carbocycles. The molecule has 0 bridgehead atoms. The number of hydrogen-bond acceptors (Lipinski definition) is 7. The Labute approximate surface area is 205 Å². The number of benzene rings is 2. The lowest BCUT2D eigenvalue weighted by atomic mass is 10.1. The first-order valence-electron chi connectivity index (χ1n) is 11.8. The van der Waals surface area contributed by atoms with Crippen LogP contribution in [-0.4, -0.2) is 68.2 Å². The van der Waals surface area contributed by atoms with Gasteiger partial charge in [0.05, 0.1) is 25.3 Å². The number of nitrogens with zero attached hydrogens (tertiary/aromatic N) is 1. The topological polar surface area (TPSA) is 106 Å². The molecule has 1 atom stereocenters. The fraction of sp³-hybridized carbons (Fsp3) is 0.423. The molecule has 0 spiro atoms. The molecule has 1 unspecified atom stereocenters. The van der Waals surface area contributed by atoms with Gasteiger partial charge >= 0.3 is 5.97 Å². The van der Waals surface area contributed by atoms with Crippen molar-refractivity contribution < 1.29 is 28.6 Å². The molecule has 3 rings (SSSR count). The van der Waals surface area contributed by atoms with Gasteiger partial charge in [-0.05, 0) is 30.2 Å². The van der Waals surface area contributed by atoms with Crippen LogP contribution < -0.4 is 20.1 Å². The van der Waals surface area contributed by atoms with E-state index in [9.17, 15) is 14.4 Å². The van der Waals surface area contributed by atoms with E-state index in [0.29, 0.717) is 44.3 Å². The number of amides is 2. The quantitative estimate of drug-likeness (QED) is 0.353. The van der Waals surface area contributed by atoms with Crippen LogP contribution in [0.2, 0.25) is 0 Å². The highest BCUT2D eigenvalue weighted by Gasteiger charge is 2.33. The molecule has 2 amide bonds. The monoisotopic (exact) mass is 483 g/mol. The maximum absolute atomic E-state index is 12.8. The van der Waals surface area contributed by atoms with Crippen LogP contribution in [0, 0.1) is 5.92 Å². The van der Waals surface area contributed by atoms with Crippen LogP contribution in [0.25, 0.3) is 0 Å². The molecule has 1 aliphatic heterocycles. The van der Waals surface area contributed by atoms with E-state index in [2.05, 4.69) is 10.6 Å². The number of carbonyl (C=O) groups is 3. The first-order valence-corrected chi connectivity index (χ1v) is 11.8. The van der Waals surface area contributed by atoms with Crippen LogP contribution in [0.1, 0.15) is 20.3 Å². The molecule has 35 heavy (non-hydrogen) atoms. The Bertz CT molecular complexity index is 982. The molecular formula is C26H33N3O6. The van der Waals surface area contributed by atoms with Crippen LogP contribution >= 0.6 is 0 Å².